The summed E-state index contributed by atoms with van der Waals surface area (Å²) in [6.45, 7) is 2.77. The van der Waals surface area contributed by atoms with Gasteiger partial charge in [0.05, 0.1) is 12.7 Å². The van der Waals surface area contributed by atoms with Crippen molar-refractivity contribution in [2.45, 2.75) is 185 Å². The highest BCUT2D eigenvalue weighted by atomic mass is 31.2. The Labute approximate surface area is 403 Å². The minimum absolute atomic E-state index is 0.0464. The molecule has 0 aromatic carbocycles. The van der Waals surface area contributed by atoms with Crippen molar-refractivity contribution in [3.63, 3.8) is 0 Å². The maximum atomic E-state index is 13.0. The van der Waals surface area contributed by atoms with Crippen molar-refractivity contribution in [3.05, 3.63) is 97.2 Å². The van der Waals surface area contributed by atoms with Gasteiger partial charge in [0.25, 0.3) is 0 Å². The number of allylic oxidation sites excluding steroid dienone is 15. The number of hydrogen-bond donors (Lipinski definition) is 8. The molecule has 1 aliphatic rings. The van der Waals surface area contributed by atoms with E-state index in [1.54, 1.807) is 12.2 Å². The normalized spacial score (nSPS) is 22.6. The zero-order valence-electron chi connectivity index (χ0n) is 39.9. The van der Waals surface area contributed by atoms with Gasteiger partial charge in [0.15, 0.2) is 6.10 Å². The molecule has 388 valence electrons. The fourth-order valence-electron chi connectivity index (χ4n) is 6.53. The summed E-state index contributed by atoms with van der Waals surface area (Å²) in [5, 5.41) is 51.6. The molecule has 9 atom stereocenters. The van der Waals surface area contributed by atoms with Crippen molar-refractivity contribution in [3.8, 4) is 0 Å². The van der Waals surface area contributed by atoms with Gasteiger partial charge in [0.2, 0.25) is 0 Å². The average molecular weight is 1000 g/mol. The van der Waals surface area contributed by atoms with Crippen molar-refractivity contribution < 1.29 is 82.0 Å². The summed E-state index contributed by atoms with van der Waals surface area (Å²) in [5.41, 5.74) is 0. The van der Waals surface area contributed by atoms with Gasteiger partial charge in [-0.25, -0.2) is 9.13 Å². The van der Waals surface area contributed by atoms with Gasteiger partial charge in [-0.1, -0.05) is 137 Å². The Hall–Kier alpha value is -3.12. The summed E-state index contributed by atoms with van der Waals surface area (Å²) in [5.74, 6) is -1.45. The lowest BCUT2D eigenvalue weighted by Gasteiger charge is -2.43. The molecule has 17 nitrogen and oxygen atoms in total. The van der Waals surface area contributed by atoms with E-state index in [9.17, 15) is 58.9 Å². The van der Waals surface area contributed by atoms with Gasteiger partial charge in [-0.2, -0.15) is 0 Å². The van der Waals surface area contributed by atoms with E-state index in [2.05, 4.69) is 91.3 Å². The molecule has 1 aliphatic carbocycles. The molecule has 0 radical (unpaired) electrons. The summed E-state index contributed by atoms with van der Waals surface area (Å²) < 4.78 is 49.2. The molecule has 8 N–H and O–H groups in total. The number of rotatable bonds is 38. The maximum Gasteiger partial charge on any atom is 0.472 e. The zero-order valence-corrected chi connectivity index (χ0v) is 41.6. The lowest BCUT2D eigenvalue weighted by Crippen LogP contribution is -2.64. The van der Waals surface area contributed by atoms with E-state index >= 15 is 0 Å². The quantitative estimate of drug-likeness (QED) is 0.00953. The first kappa shape index (κ1) is 62.9. The molecule has 1 fully saturated rings. The molecule has 0 aliphatic heterocycles. The third-order valence-corrected chi connectivity index (χ3v) is 11.7. The van der Waals surface area contributed by atoms with Crippen LogP contribution in [0, 0.1) is 0 Å². The number of aliphatic hydroxyl groups excluding tert-OH is 5. The molecule has 1 saturated carbocycles. The van der Waals surface area contributed by atoms with Gasteiger partial charge in [-0.15, -0.1) is 0 Å². The Morgan fingerprint density at radius 1 is 0.559 bits per heavy atom. The smallest absolute Gasteiger partial charge is 0.462 e. The summed E-state index contributed by atoms with van der Waals surface area (Å²) in [6.07, 6.45) is 30.9. The topological polar surface area (TPSA) is 276 Å². The monoisotopic (exact) mass is 1000 g/mol. The van der Waals surface area contributed by atoms with Crippen LogP contribution in [0.15, 0.2) is 97.2 Å². The van der Waals surface area contributed by atoms with Crippen molar-refractivity contribution in [1.29, 1.82) is 0 Å². The van der Waals surface area contributed by atoms with E-state index in [1.165, 1.54) is 19.3 Å². The maximum absolute atomic E-state index is 13.0. The molecule has 0 aromatic heterocycles. The molecule has 1 rings (SSSR count). The van der Waals surface area contributed by atoms with Crippen LogP contribution in [0.3, 0.4) is 0 Å². The predicted molar refractivity (Wildman–Crippen MR) is 261 cm³/mol. The van der Waals surface area contributed by atoms with Gasteiger partial charge < -0.3 is 49.7 Å². The first-order chi connectivity index (χ1) is 32.5. The van der Waals surface area contributed by atoms with E-state index < -0.39 is 89.6 Å². The number of carbonyl (C=O) groups is 2. The highest BCUT2D eigenvalue weighted by molar-refractivity contribution is 7.47. The SMILES string of the molecule is CC/C=C\C/C=C\C/C=C\C/C=C\CCCCCCC(=O)OC[C@H](COP(=O)(O)O[C@H]1C(O)C(O)C(O)[C@@H](OP(=O)(O)O)C1O)OC(=O)CCC[C@@H](O)/C=C/C=C\C/C=C\C/C=C\CCCCC. The lowest BCUT2D eigenvalue weighted by molar-refractivity contribution is -0.216. The summed E-state index contributed by atoms with van der Waals surface area (Å²) in [6, 6.07) is 0. The number of phosphoric ester groups is 2. The molecule has 0 amide bonds. The second-order valence-corrected chi connectivity index (χ2v) is 18.9. The van der Waals surface area contributed by atoms with Gasteiger partial charge in [0, 0.05) is 12.8 Å². The predicted octanol–water partition coefficient (Wildman–Crippen LogP) is 8.14. The Morgan fingerprint density at radius 2 is 1.07 bits per heavy atom. The van der Waals surface area contributed by atoms with Crippen LogP contribution in [-0.2, 0) is 41.8 Å². The highest BCUT2D eigenvalue weighted by Gasteiger charge is 2.54. The number of ether oxygens (including phenoxy) is 2. The number of aliphatic hydroxyl groups is 5. The van der Waals surface area contributed by atoms with Gasteiger partial charge >= 0.3 is 27.6 Å². The van der Waals surface area contributed by atoms with E-state index in [4.69, 9.17) is 18.5 Å². The van der Waals surface area contributed by atoms with Crippen molar-refractivity contribution in [1.82, 2.24) is 0 Å². The lowest BCUT2D eigenvalue weighted by atomic mass is 9.85. The molecule has 0 saturated heterocycles. The summed E-state index contributed by atoms with van der Waals surface area (Å²) in [4.78, 5) is 54.3. The minimum Gasteiger partial charge on any atom is -0.462 e. The minimum atomic E-state index is -5.39. The molecule has 0 heterocycles. The Balaban J connectivity index is 2.70. The molecule has 19 heteroatoms. The van der Waals surface area contributed by atoms with Gasteiger partial charge in [-0.3, -0.25) is 23.2 Å². The fraction of sp³-hybridized carbons (Fsp3) is 0.633. The van der Waals surface area contributed by atoms with E-state index in [1.807, 2.05) is 12.2 Å². The third-order valence-electron chi connectivity index (χ3n) is 10.2. The molecule has 68 heavy (non-hydrogen) atoms. The van der Waals surface area contributed by atoms with Crippen LogP contribution in [0.1, 0.15) is 136 Å². The van der Waals surface area contributed by atoms with Crippen LogP contribution in [0.25, 0.3) is 0 Å². The van der Waals surface area contributed by atoms with Crippen LogP contribution < -0.4 is 0 Å². The van der Waals surface area contributed by atoms with E-state index in [0.29, 0.717) is 6.42 Å². The molecule has 0 bridgehead atoms. The van der Waals surface area contributed by atoms with Crippen LogP contribution in [0.5, 0.6) is 0 Å². The molecule has 5 unspecified atom stereocenters. The fourth-order valence-corrected chi connectivity index (χ4v) is 8.07. The number of carbonyl (C=O) groups excluding carboxylic acids is 2. The van der Waals surface area contributed by atoms with E-state index in [-0.39, 0.29) is 25.7 Å². The molecule has 0 aromatic rings. The van der Waals surface area contributed by atoms with E-state index in [0.717, 1.165) is 70.6 Å². The summed E-state index contributed by atoms with van der Waals surface area (Å²) >= 11 is 0. The van der Waals surface area contributed by atoms with Gasteiger partial charge in [-0.05, 0) is 83.5 Å². The van der Waals surface area contributed by atoms with Crippen LogP contribution in [-0.4, -0.2) is 114 Å². The number of esters is 2. The number of unbranched alkanes of at least 4 members (excludes halogenated alkanes) is 7. The van der Waals surface area contributed by atoms with Crippen molar-refractivity contribution in [2.24, 2.45) is 0 Å². The van der Waals surface area contributed by atoms with Crippen LogP contribution in [0.4, 0.5) is 0 Å². The molecular formula is C49H80O17P2. The van der Waals surface area contributed by atoms with Crippen molar-refractivity contribution >= 4 is 27.6 Å². The third kappa shape index (κ3) is 32.6. The first-order valence-corrected chi connectivity index (χ1v) is 26.9. The average Bonchev–Trinajstić information content (AvgIpc) is 3.29. The molecular weight excluding hydrogens is 922 g/mol. The highest BCUT2D eigenvalue weighted by Crippen LogP contribution is 2.49. The Kier molecular flexibility index (Phi) is 35.7. The van der Waals surface area contributed by atoms with Crippen molar-refractivity contribution in [2.75, 3.05) is 13.2 Å². The van der Waals surface area contributed by atoms with Gasteiger partial charge in [0.1, 0.15) is 43.2 Å². The largest absolute Gasteiger partial charge is 0.472 e. The molecule has 0 spiro atoms. The Morgan fingerprint density at radius 3 is 1.65 bits per heavy atom. The van der Waals surface area contributed by atoms with Crippen LogP contribution in [0.2, 0.25) is 0 Å². The number of phosphoric acid groups is 2. The zero-order chi connectivity index (χ0) is 50.5. The Bertz CT molecular complexity index is 1700. The second-order valence-electron chi connectivity index (χ2n) is 16.3. The standard InChI is InChI=1S/C49H80O17P2/c1-3-5-7-9-11-13-15-17-18-19-20-22-24-26-28-30-32-36-42(51)62-38-41(39-63-68(60,61)66-49-46(55)44(53)45(54)48(47(49)56)65-67(57,58)59)64-43(52)37-33-35-40(50)34-31-29-27-25-23-21-16-14-12-10-8-6-4-2/h5,7,11-14,17-18,20-23,27,29,31,34,40-41,44-50,53-56H,3-4,6,8-10,15-16,19,24-26,28,30,32-33,35-39H2,1-2H3,(H,60,61)(H2,57,58,59)/b7-5-,13-11-,14-12-,18-17-,22-20-,23-21-,29-27-,34-31+/t40-,41+,44?,45?,46?,47?,48+,49-/m0/s1. The first-order valence-electron chi connectivity index (χ1n) is 23.9. The number of hydrogen-bond acceptors (Lipinski definition) is 14. The van der Waals surface area contributed by atoms with Crippen LogP contribution >= 0.6 is 15.6 Å². The second kappa shape index (κ2) is 38.6. The summed E-state index contributed by atoms with van der Waals surface area (Å²) in [7, 11) is -10.8.